The van der Waals surface area contributed by atoms with Crippen LogP contribution >= 0.6 is 0 Å². The predicted octanol–water partition coefficient (Wildman–Crippen LogP) is 2.44. The van der Waals surface area contributed by atoms with E-state index in [1.54, 1.807) is 24.3 Å². The van der Waals surface area contributed by atoms with Crippen molar-refractivity contribution < 1.29 is 14.3 Å². The zero-order valence-corrected chi connectivity index (χ0v) is 11.6. The van der Waals surface area contributed by atoms with Crippen LogP contribution in [0.3, 0.4) is 0 Å². The van der Waals surface area contributed by atoms with Crippen LogP contribution in [0.5, 0.6) is 11.5 Å². The number of carbonyl (C=O) groups is 1. The Balaban J connectivity index is 2.81. The summed E-state index contributed by atoms with van der Waals surface area (Å²) in [4.78, 5) is 12.0. The first-order chi connectivity index (χ1) is 9.22. The first-order valence-electron chi connectivity index (χ1n) is 6.47. The quantitative estimate of drug-likeness (QED) is 0.422. The number of ether oxygens (including phenoxy) is 2. The molecule has 1 aromatic carbocycles. The van der Waals surface area contributed by atoms with Gasteiger partial charge < -0.3 is 14.8 Å². The SMILES string of the molecule is C=CCNCC(=O)c1ccc(OCC)c(OCC)c1. The van der Waals surface area contributed by atoms with E-state index in [9.17, 15) is 4.79 Å². The summed E-state index contributed by atoms with van der Waals surface area (Å²) >= 11 is 0. The largest absolute Gasteiger partial charge is 0.490 e. The second kappa shape index (κ2) is 8.32. The molecule has 0 aliphatic heterocycles. The fourth-order valence-corrected chi connectivity index (χ4v) is 1.61. The molecule has 0 saturated carbocycles. The number of nitrogens with one attached hydrogen (secondary N) is 1. The minimum Gasteiger partial charge on any atom is -0.490 e. The van der Waals surface area contributed by atoms with Gasteiger partial charge in [-0.15, -0.1) is 6.58 Å². The van der Waals surface area contributed by atoms with E-state index >= 15 is 0 Å². The monoisotopic (exact) mass is 263 g/mol. The molecule has 0 aliphatic rings. The summed E-state index contributed by atoms with van der Waals surface area (Å²) in [6, 6.07) is 5.26. The molecule has 1 rings (SSSR count). The van der Waals surface area contributed by atoms with Crippen LogP contribution in [0, 0.1) is 0 Å². The summed E-state index contributed by atoms with van der Waals surface area (Å²) in [5, 5.41) is 2.98. The van der Waals surface area contributed by atoms with Crippen molar-refractivity contribution in [1.29, 1.82) is 0 Å². The lowest BCUT2D eigenvalue weighted by molar-refractivity contribution is 0.0992. The molecule has 0 fully saturated rings. The van der Waals surface area contributed by atoms with Gasteiger partial charge in [-0.05, 0) is 32.0 Å². The first-order valence-corrected chi connectivity index (χ1v) is 6.47. The molecule has 0 bridgehead atoms. The maximum absolute atomic E-state index is 12.0. The Kier molecular flexibility index (Phi) is 6.68. The smallest absolute Gasteiger partial charge is 0.176 e. The fourth-order valence-electron chi connectivity index (χ4n) is 1.61. The minimum atomic E-state index is 0.0193. The molecule has 104 valence electrons. The average molecular weight is 263 g/mol. The molecule has 4 nitrogen and oxygen atoms in total. The molecule has 19 heavy (non-hydrogen) atoms. The average Bonchev–Trinajstić information content (AvgIpc) is 2.41. The second-order valence-electron chi connectivity index (χ2n) is 3.87. The lowest BCUT2D eigenvalue weighted by Gasteiger charge is -2.12. The number of carbonyl (C=O) groups excluding carboxylic acids is 1. The van der Waals surface area contributed by atoms with Gasteiger partial charge in [-0.2, -0.15) is 0 Å². The van der Waals surface area contributed by atoms with Crippen LogP contribution in [-0.4, -0.2) is 32.1 Å². The van der Waals surface area contributed by atoms with E-state index in [0.717, 1.165) is 0 Å². The van der Waals surface area contributed by atoms with E-state index < -0.39 is 0 Å². The van der Waals surface area contributed by atoms with Gasteiger partial charge in [0.15, 0.2) is 17.3 Å². The number of rotatable bonds is 9. The van der Waals surface area contributed by atoms with E-state index in [1.807, 2.05) is 13.8 Å². The molecule has 1 aromatic rings. The predicted molar refractivity (Wildman–Crippen MR) is 76.2 cm³/mol. The molecular weight excluding hydrogens is 242 g/mol. The summed E-state index contributed by atoms with van der Waals surface area (Å²) < 4.78 is 10.9. The highest BCUT2D eigenvalue weighted by molar-refractivity contribution is 5.98. The molecule has 0 unspecified atom stereocenters. The third-order valence-corrected chi connectivity index (χ3v) is 2.44. The Morgan fingerprint density at radius 1 is 1.26 bits per heavy atom. The van der Waals surface area contributed by atoms with Crippen molar-refractivity contribution in [3.05, 3.63) is 36.4 Å². The molecule has 0 aromatic heterocycles. The number of hydrogen-bond donors (Lipinski definition) is 1. The Labute approximate surface area is 114 Å². The van der Waals surface area contributed by atoms with Gasteiger partial charge in [0.2, 0.25) is 0 Å². The third-order valence-electron chi connectivity index (χ3n) is 2.44. The van der Waals surface area contributed by atoms with Crippen molar-refractivity contribution in [2.45, 2.75) is 13.8 Å². The molecule has 0 saturated heterocycles. The molecule has 1 N–H and O–H groups in total. The summed E-state index contributed by atoms with van der Waals surface area (Å²) in [5.74, 6) is 1.30. The van der Waals surface area contributed by atoms with Crippen LogP contribution in [0.25, 0.3) is 0 Å². The van der Waals surface area contributed by atoms with Gasteiger partial charge >= 0.3 is 0 Å². The molecule has 0 aliphatic carbocycles. The molecule has 0 amide bonds. The third kappa shape index (κ3) is 4.75. The van der Waals surface area contributed by atoms with E-state index in [0.29, 0.717) is 36.8 Å². The molecule has 4 heteroatoms. The number of ketones is 1. The van der Waals surface area contributed by atoms with E-state index in [-0.39, 0.29) is 12.3 Å². The Morgan fingerprint density at radius 2 is 1.95 bits per heavy atom. The highest BCUT2D eigenvalue weighted by Gasteiger charge is 2.11. The van der Waals surface area contributed by atoms with Crippen LogP contribution in [0.2, 0.25) is 0 Å². The van der Waals surface area contributed by atoms with Crippen molar-refractivity contribution in [1.82, 2.24) is 5.32 Å². The first kappa shape index (κ1) is 15.2. The van der Waals surface area contributed by atoms with E-state index in [2.05, 4.69) is 11.9 Å². The highest BCUT2D eigenvalue weighted by atomic mass is 16.5. The van der Waals surface area contributed by atoms with Gasteiger partial charge in [0.1, 0.15) is 0 Å². The van der Waals surface area contributed by atoms with Gasteiger partial charge in [0.25, 0.3) is 0 Å². The van der Waals surface area contributed by atoms with Crippen LogP contribution in [-0.2, 0) is 0 Å². The lowest BCUT2D eigenvalue weighted by atomic mass is 10.1. The normalized spacial score (nSPS) is 10.0. The summed E-state index contributed by atoms with van der Waals surface area (Å²) in [7, 11) is 0. The van der Waals surface area contributed by atoms with Gasteiger partial charge in [0, 0.05) is 12.1 Å². The van der Waals surface area contributed by atoms with Crippen LogP contribution in [0.1, 0.15) is 24.2 Å². The summed E-state index contributed by atoms with van der Waals surface area (Å²) in [6.07, 6.45) is 1.72. The van der Waals surface area contributed by atoms with Crippen molar-refractivity contribution >= 4 is 5.78 Å². The van der Waals surface area contributed by atoms with Crippen molar-refractivity contribution in [2.75, 3.05) is 26.3 Å². The summed E-state index contributed by atoms with van der Waals surface area (Å²) in [5.41, 5.74) is 0.614. The van der Waals surface area contributed by atoms with Crippen LogP contribution in [0.15, 0.2) is 30.9 Å². The Morgan fingerprint density at radius 3 is 2.58 bits per heavy atom. The lowest BCUT2D eigenvalue weighted by Crippen LogP contribution is -2.23. The zero-order valence-electron chi connectivity index (χ0n) is 11.6. The number of hydrogen-bond acceptors (Lipinski definition) is 4. The molecule has 0 heterocycles. The zero-order chi connectivity index (χ0) is 14.1. The van der Waals surface area contributed by atoms with Crippen molar-refractivity contribution in [3.8, 4) is 11.5 Å². The van der Waals surface area contributed by atoms with Crippen LogP contribution < -0.4 is 14.8 Å². The Bertz CT molecular complexity index is 429. The van der Waals surface area contributed by atoms with Crippen LogP contribution in [0.4, 0.5) is 0 Å². The van der Waals surface area contributed by atoms with Gasteiger partial charge in [-0.3, -0.25) is 4.79 Å². The second-order valence-corrected chi connectivity index (χ2v) is 3.87. The van der Waals surface area contributed by atoms with E-state index in [4.69, 9.17) is 9.47 Å². The minimum absolute atomic E-state index is 0.0193. The van der Waals surface area contributed by atoms with Gasteiger partial charge in [0.05, 0.1) is 19.8 Å². The maximum Gasteiger partial charge on any atom is 0.176 e. The van der Waals surface area contributed by atoms with E-state index in [1.165, 1.54) is 0 Å². The van der Waals surface area contributed by atoms with Gasteiger partial charge in [-0.1, -0.05) is 6.08 Å². The molecule has 0 radical (unpaired) electrons. The standard InChI is InChI=1S/C15H21NO3/c1-4-9-16-11-13(17)12-7-8-14(18-5-2)15(10-12)19-6-3/h4,7-8,10,16H,1,5-6,9,11H2,2-3H3. The molecule has 0 spiro atoms. The Hall–Kier alpha value is -1.81. The molecule has 0 atom stereocenters. The number of Topliss-reactive ketones (excluding diaryl/α,β-unsaturated/α-hetero) is 1. The van der Waals surface area contributed by atoms with Crippen molar-refractivity contribution in [3.63, 3.8) is 0 Å². The topological polar surface area (TPSA) is 47.6 Å². The van der Waals surface area contributed by atoms with Gasteiger partial charge in [-0.25, -0.2) is 0 Å². The van der Waals surface area contributed by atoms with Crippen molar-refractivity contribution in [2.24, 2.45) is 0 Å². The summed E-state index contributed by atoms with van der Waals surface area (Å²) in [6.45, 7) is 9.39. The maximum atomic E-state index is 12.0. The fraction of sp³-hybridized carbons (Fsp3) is 0.400. The molecular formula is C15H21NO3. The number of benzene rings is 1. The highest BCUT2D eigenvalue weighted by Crippen LogP contribution is 2.28.